The Kier molecular flexibility index (Phi) is 4.23. The molecule has 0 aliphatic rings. The topological polar surface area (TPSA) is 99.7 Å². The van der Waals surface area contributed by atoms with E-state index in [1.165, 1.54) is 0 Å². The summed E-state index contributed by atoms with van der Waals surface area (Å²) in [5.41, 5.74) is 10.6. The molecule has 0 aliphatic carbocycles. The summed E-state index contributed by atoms with van der Waals surface area (Å²) in [5, 5.41) is 8.49. The number of aryl methyl sites for hydroxylation is 2. The summed E-state index contributed by atoms with van der Waals surface area (Å²) < 4.78 is 4.43. The number of anilines is 1. The molecular weight excluding hydrogens is 310 g/mol. The average Bonchev–Trinajstić information content (AvgIpc) is 2.90. The molecule has 1 unspecified atom stereocenters. The molecule has 2 aromatic heterocycles. The first-order chi connectivity index (χ1) is 9.10. The van der Waals surface area contributed by atoms with Gasteiger partial charge in [-0.05, 0) is 22.4 Å². The second-order valence-corrected chi connectivity index (χ2v) is 5.16. The van der Waals surface area contributed by atoms with Crippen LogP contribution in [-0.2, 0) is 13.6 Å². The van der Waals surface area contributed by atoms with E-state index in [2.05, 4.69) is 38.5 Å². The Morgan fingerprint density at radius 2 is 2.16 bits per heavy atom. The summed E-state index contributed by atoms with van der Waals surface area (Å²) in [6, 6.07) is -0.253. The summed E-state index contributed by atoms with van der Waals surface area (Å²) in [6.45, 7) is 2.92. The third kappa shape index (κ3) is 2.51. The van der Waals surface area contributed by atoms with E-state index in [1.54, 1.807) is 24.1 Å². The van der Waals surface area contributed by atoms with E-state index >= 15 is 0 Å². The summed E-state index contributed by atoms with van der Waals surface area (Å²) in [4.78, 5) is 0. The zero-order valence-electron chi connectivity index (χ0n) is 11.0. The van der Waals surface area contributed by atoms with Crippen molar-refractivity contribution in [3.05, 3.63) is 28.1 Å². The molecule has 0 saturated heterocycles. The highest BCUT2D eigenvalue weighted by molar-refractivity contribution is 9.10. The van der Waals surface area contributed by atoms with Crippen molar-refractivity contribution in [1.82, 2.24) is 25.0 Å². The Hall–Kier alpha value is -1.38. The van der Waals surface area contributed by atoms with Gasteiger partial charge < -0.3 is 5.73 Å². The largest absolute Gasteiger partial charge is 0.384 e. The van der Waals surface area contributed by atoms with Gasteiger partial charge in [-0.2, -0.15) is 10.2 Å². The summed E-state index contributed by atoms with van der Waals surface area (Å²) >= 11 is 3.51. The van der Waals surface area contributed by atoms with Crippen molar-refractivity contribution in [2.24, 2.45) is 12.9 Å². The van der Waals surface area contributed by atoms with Gasteiger partial charge in [0.05, 0.1) is 28.6 Å². The van der Waals surface area contributed by atoms with Gasteiger partial charge in [-0.3, -0.25) is 15.2 Å². The van der Waals surface area contributed by atoms with Crippen molar-refractivity contribution >= 4 is 21.7 Å². The van der Waals surface area contributed by atoms with Crippen molar-refractivity contribution in [3.8, 4) is 0 Å². The Labute approximate surface area is 120 Å². The minimum atomic E-state index is -0.253. The van der Waals surface area contributed by atoms with E-state index < -0.39 is 0 Å². The Morgan fingerprint density at radius 3 is 2.68 bits per heavy atom. The number of nitrogens with zero attached hydrogens (tertiary/aromatic N) is 4. The molecule has 2 heterocycles. The van der Waals surface area contributed by atoms with Gasteiger partial charge in [0.1, 0.15) is 5.82 Å². The van der Waals surface area contributed by atoms with Gasteiger partial charge in [-0.15, -0.1) is 0 Å². The highest BCUT2D eigenvalue weighted by Crippen LogP contribution is 2.30. The first-order valence-electron chi connectivity index (χ1n) is 6.04. The standard InChI is InChI=1S/C11H18BrN7/c1-3-4-19-10(8(12)6-16-19)9(17-14)7-5-15-18(2)11(7)13/h5-6,9,17H,3-4,13-14H2,1-2H3. The second kappa shape index (κ2) is 5.72. The monoisotopic (exact) mass is 327 g/mol. The van der Waals surface area contributed by atoms with Crippen LogP contribution in [0.3, 0.4) is 0 Å². The first-order valence-corrected chi connectivity index (χ1v) is 6.84. The first kappa shape index (κ1) is 14.0. The number of aromatic nitrogens is 4. The van der Waals surface area contributed by atoms with Crippen LogP contribution in [-0.4, -0.2) is 19.6 Å². The Balaban J connectivity index is 2.48. The SMILES string of the molecule is CCCn1ncc(Br)c1C(NN)c1cnn(C)c1N. The lowest BCUT2D eigenvalue weighted by molar-refractivity contribution is 0.520. The lowest BCUT2D eigenvalue weighted by Crippen LogP contribution is -2.31. The van der Waals surface area contributed by atoms with Crippen LogP contribution in [0.2, 0.25) is 0 Å². The van der Waals surface area contributed by atoms with E-state index in [1.807, 2.05) is 4.68 Å². The third-order valence-corrected chi connectivity index (χ3v) is 3.65. The number of hydrogen-bond donors (Lipinski definition) is 3. The molecule has 8 heteroatoms. The predicted molar refractivity (Wildman–Crippen MR) is 77.0 cm³/mol. The zero-order chi connectivity index (χ0) is 14.0. The molecule has 0 radical (unpaired) electrons. The van der Waals surface area contributed by atoms with E-state index in [0.717, 1.165) is 28.7 Å². The van der Waals surface area contributed by atoms with Crippen LogP contribution in [0.15, 0.2) is 16.9 Å². The number of hydrogen-bond acceptors (Lipinski definition) is 5. The van der Waals surface area contributed by atoms with Crippen molar-refractivity contribution in [3.63, 3.8) is 0 Å². The van der Waals surface area contributed by atoms with Crippen molar-refractivity contribution in [2.75, 3.05) is 5.73 Å². The van der Waals surface area contributed by atoms with Gasteiger partial charge in [0.2, 0.25) is 0 Å². The van der Waals surface area contributed by atoms with Crippen LogP contribution in [0.5, 0.6) is 0 Å². The van der Waals surface area contributed by atoms with Gasteiger partial charge in [0.25, 0.3) is 0 Å². The van der Waals surface area contributed by atoms with Gasteiger partial charge in [-0.25, -0.2) is 5.43 Å². The molecule has 2 rings (SSSR count). The number of nitrogens with one attached hydrogen (secondary N) is 1. The molecule has 0 fully saturated rings. The molecule has 104 valence electrons. The van der Waals surface area contributed by atoms with E-state index in [0.29, 0.717) is 5.82 Å². The quantitative estimate of drug-likeness (QED) is 0.560. The number of rotatable bonds is 5. The lowest BCUT2D eigenvalue weighted by atomic mass is 10.1. The van der Waals surface area contributed by atoms with Crippen LogP contribution >= 0.6 is 15.9 Å². The number of nitrogens with two attached hydrogens (primary N) is 2. The fourth-order valence-corrected chi connectivity index (χ4v) is 2.58. The maximum absolute atomic E-state index is 6.02. The molecule has 0 aromatic carbocycles. The minimum Gasteiger partial charge on any atom is -0.384 e. The van der Waals surface area contributed by atoms with Gasteiger partial charge >= 0.3 is 0 Å². The molecular formula is C11H18BrN7. The van der Waals surface area contributed by atoms with Crippen LogP contribution in [0, 0.1) is 0 Å². The fourth-order valence-electron chi connectivity index (χ4n) is 2.05. The van der Waals surface area contributed by atoms with E-state index in [-0.39, 0.29) is 6.04 Å². The maximum Gasteiger partial charge on any atom is 0.126 e. The van der Waals surface area contributed by atoms with Crippen molar-refractivity contribution < 1.29 is 0 Å². The molecule has 0 bridgehead atoms. The molecule has 0 spiro atoms. The Morgan fingerprint density at radius 1 is 1.42 bits per heavy atom. The summed E-state index contributed by atoms with van der Waals surface area (Å²) in [7, 11) is 1.80. The fraction of sp³-hybridized carbons (Fsp3) is 0.455. The molecule has 7 nitrogen and oxygen atoms in total. The van der Waals surface area contributed by atoms with Crippen molar-refractivity contribution in [2.45, 2.75) is 25.9 Å². The molecule has 0 saturated carbocycles. The van der Waals surface area contributed by atoms with E-state index in [4.69, 9.17) is 11.6 Å². The molecule has 1 atom stereocenters. The maximum atomic E-state index is 6.02. The highest BCUT2D eigenvalue weighted by Gasteiger charge is 2.24. The Bertz CT molecular complexity index is 559. The summed E-state index contributed by atoms with van der Waals surface area (Å²) in [6.07, 6.45) is 4.47. The number of hydrazine groups is 1. The lowest BCUT2D eigenvalue weighted by Gasteiger charge is -2.18. The molecule has 0 aliphatic heterocycles. The third-order valence-electron chi connectivity index (χ3n) is 3.03. The van der Waals surface area contributed by atoms with Crippen LogP contribution < -0.4 is 17.0 Å². The average molecular weight is 328 g/mol. The highest BCUT2D eigenvalue weighted by atomic mass is 79.9. The number of halogens is 1. The summed E-state index contributed by atoms with van der Waals surface area (Å²) in [5.74, 6) is 6.29. The second-order valence-electron chi connectivity index (χ2n) is 4.31. The predicted octanol–water partition coefficient (Wildman–Crippen LogP) is 0.924. The molecule has 0 amide bonds. The molecule has 5 N–H and O–H groups in total. The zero-order valence-corrected chi connectivity index (χ0v) is 12.6. The van der Waals surface area contributed by atoms with E-state index in [9.17, 15) is 0 Å². The van der Waals surface area contributed by atoms with Crippen LogP contribution in [0.1, 0.15) is 30.6 Å². The molecule has 19 heavy (non-hydrogen) atoms. The van der Waals surface area contributed by atoms with Gasteiger partial charge in [-0.1, -0.05) is 6.92 Å². The number of nitrogen functional groups attached to an aromatic ring is 1. The minimum absolute atomic E-state index is 0.253. The van der Waals surface area contributed by atoms with Crippen LogP contribution in [0.4, 0.5) is 5.82 Å². The van der Waals surface area contributed by atoms with Gasteiger partial charge in [0, 0.05) is 19.2 Å². The molecule has 2 aromatic rings. The van der Waals surface area contributed by atoms with Gasteiger partial charge in [0.15, 0.2) is 0 Å². The van der Waals surface area contributed by atoms with Crippen molar-refractivity contribution in [1.29, 1.82) is 0 Å². The van der Waals surface area contributed by atoms with Crippen LogP contribution in [0.25, 0.3) is 0 Å². The normalized spacial score (nSPS) is 12.8. The smallest absolute Gasteiger partial charge is 0.126 e.